The highest BCUT2D eigenvalue weighted by atomic mass is 16.5. The second-order valence-corrected chi connectivity index (χ2v) is 8.31. The summed E-state index contributed by atoms with van der Waals surface area (Å²) in [6, 6.07) is 10.7. The van der Waals surface area contributed by atoms with Crippen molar-refractivity contribution in [3.63, 3.8) is 0 Å². The number of nitrogens with one attached hydrogen (secondary N) is 2. The Bertz CT molecular complexity index is 1130. The number of likely N-dealkylation sites (tertiary alicyclic amines) is 1. The highest BCUT2D eigenvalue weighted by molar-refractivity contribution is 5.85. The van der Waals surface area contributed by atoms with Gasteiger partial charge >= 0.3 is 0 Å². The summed E-state index contributed by atoms with van der Waals surface area (Å²) < 4.78 is 21.0. The van der Waals surface area contributed by atoms with E-state index in [0.717, 1.165) is 11.1 Å². The monoisotopic (exact) mass is 511 g/mol. The van der Waals surface area contributed by atoms with Crippen LogP contribution in [0.1, 0.15) is 24.0 Å². The molecule has 1 aliphatic heterocycles. The summed E-state index contributed by atoms with van der Waals surface area (Å²) in [7, 11) is 6.25. The lowest BCUT2D eigenvalue weighted by atomic mass is 9.96. The first kappa shape index (κ1) is 27.5. The van der Waals surface area contributed by atoms with Crippen LogP contribution in [0.4, 0.5) is 0 Å². The number of carbonyl (C=O) groups excluding carboxylic acids is 2. The number of amides is 2. The highest BCUT2D eigenvalue weighted by Crippen LogP contribution is 2.27. The minimum atomic E-state index is -0.223. The molecule has 0 spiro atoms. The molecule has 2 amide bonds. The van der Waals surface area contributed by atoms with Crippen molar-refractivity contribution < 1.29 is 28.5 Å². The lowest BCUT2D eigenvalue weighted by molar-refractivity contribution is -0.126. The third kappa shape index (κ3) is 7.94. The maximum atomic E-state index is 12.5. The number of hydrogen-bond acceptors (Lipinski definition) is 9. The molecule has 0 atom stereocenters. The lowest BCUT2D eigenvalue weighted by Crippen LogP contribution is -2.43. The fraction of sp³-hybridized carbons (Fsp3) is 0.385. The number of ether oxygens (including phenoxy) is 4. The first-order chi connectivity index (χ1) is 18.0. The maximum absolute atomic E-state index is 12.5. The van der Waals surface area contributed by atoms with Crippen LogP contribution >= 0.6 is 0 Å². The molecule has 1 heterocycles. The molecule has 198 valence electrons. The van der Waals surface area contributed by atoms with Gasteiger partial charge in [-0.3, -0.25) is 14.5 Å². The van der Waals surface area contributed by atoms with Crippen molar-refractivity contribution in [2.45, 2.75) is 12.8 Å². The van der Waals surface area contributed by atoms with Gasteiger partial charge in [-0.05, 0) is 73.5 Å². The summed E-state index contributed by atoms with van der Waals surface area (Å²) in [6.07, 6.45) is 4.38. The number of rotatable bonds is 11. The largest absolute Gasteiger partial charge is 0.493 e. The second kappa shape index (κ2) is 13.8. The third-order valence-electron chi connectivity index (χ3n) is 5.93. The zero-order valence-electron chi connectivity index (χ0n) is 21.5. The third-order valence-corrected chi connectivity index (χ3v) is 5.93. The maximum Gasteiger partial charge on any atom is 0.254 e. The average Bonchev–Trinajstić information content (AvgIpc) is 2.93. The van der Waals surface area contributed by atoms with Gasteiger partial charge in [-0.15, -0.1) is 0 Å². The summed E-state index contributed by atoms with van der Waals surface area (Å²) in [5.74, 6) is 1.88. The molecule has 1 saturated heterocycles. The molecule has 0 unspecified atom stereocenters. The van der Waals surface area contributed by atoms with E-state index in [9.17, 15) is 9.59 Å². The zero-order chi connectivity index (χ0) is 26.6. The number of carbonyl (C=O) groups is 2. The van der Waals surface area contributed by atoms with Crippen LogP contribution in [0.5, 0.6) is 23.0 Å². The highest BCUT2D eigenvalue weighted by Gasteiger charge is 2.25. The molecule has 1 aliphatic rings. The van der Waals surface area contributed by atoms with Gasteiger partial charge in [-0.2, -0.15) is 10.2 Å². The van der Waals surface area contributed by atoms with Gasteiger partial charge in [-0.25, -0.2) is 10.9 Å². The van der Waals surface area contributed by atoms with Crippen molar-refractivity contribution >= 4 is 24.2 Å². The standard InChI is InChI=1S/C26H33N5O6/c1-34-21-7-5-18(13-23(21)36-3)15-27-29-25(32)17-31-11-9-20(10-12-31)26(33)30-28-16-19-6-8-22(35-2)24(14-19)37-4/h5-8,13-16,20H,9-12,17H2,1-4H3,(H,29,32)(H,30,33)/b27-15+,28-16-. The molecule has 2 aromatic carbocycles. The van der Waals surface area contributed by atoms with E-state index in [2.05, 4.69) is 21.1 Å². The van der Waals surface area contributed by atoms with E-state index in [0.29, 0.717) is 48.9 Å². The molecule has 3 rings (SSSR count). The van der Waals surface area contributed by atoms with Crippen LogP contribution in [-0.2, 0) is 9.59 Å². The van der Waals surface area contributed by atoms with Crippen molar-refractivity contribution in [3.05, 3.63) is 47.5 Å². The fourth-order valence-electron chi connectivity index (χ4n) is 3.90. The SMILES string of the molecule is COc1ccc(/C=N\NC(=O)C2CCN(CC(=O)N/N=C/c3ccc(OC)c(OC)c3)CC2)cc1OC. The van der Waals surface area contributed by atoms with Gasteiger partial charge < -0.3 is 18.9 Å². The lowest BCUT2D eigenvalue weighted by Gasteiger charge is -2.30. The first-order valence-electron chi connectivity index (χ1n) is 11.8. The van der Waals surface area contributed by atoms with Crippen molar-refractivity contribution in [3.8, 4) is 23.0 Å². The predicted molar refractivity (Wildman–Crippen MR) is 140 cm³/mol. The number of methoxy groups -OCH3 is 4. The van der Waals surface area contributed by atoms with E-state index in [-0.39, 0.29) is 24.3 Å². The van der Waals surface area contributed by atoms with Gasteiger partial charge in [0.25, 0.3) is 5.91 Å². The van der Waals surface area contributed by atoms with E-state index >= 15 is 0 Å². The number of hydrogen-bond donors (Lipinski definition) is 2. The second-order valence-electron chi connectivity index (χ2n) is 8.31. The van der Waals surface area contributed by atoms with Crippen LogP contribution in [0.3, 0.4) is 0 Å². The Morgan fingerprint density at radius 2 is 1.30 bits per heavy atom. The van der Waals surface area contributed by atoms with Gasteiger partial charge in [-0.1, -0.05) is 0 Å². The molecule has 37 heavy (non-hydrogen) atoms. The van der Waals surface area contributed by atoms with Crippen molar-refractivity contribution in [1.82, 2.24) is 15.8 Å². The summed E-state index contributed by atoms with van der Waals surface area (Å²) in [4.78, 5) is 26.8. The quantitative estimate of drug-likeness (QED) is 0.350. The zero-order valence-corrected chi connectivity index (χ0v) is 21.5. The molecule has 0 saturated carbocycles. The molecule has 0 bridgehead atoms. The normalized spacial score (nSPS) is 14.5. The first-order valence-corrected chi connectivity index (χ1v) is 11.8. The van der Waals surface area contributed by atoms with Crippen LogP contribution in [0.15, 0.2) is 46.6 Å². The molecule has 2 N–H and O–H groups in total. The molecule has 11 nitrogen and oxygen atoms in total. The molecule has 0 radical (unpaired) electrons. The summed E-state index contributed by atoms with van der Waals surface area (Å²) in [5, 5.41) is 8.08. The van der Waals surface area contributed by atoms with Gasteiger partial charge in [0.1, 0.15) is 0 Å². The van der Waals surface area contributed by atoms with E-state index in [1.807, 2.05) is 17.0 Å². The summed E-state index contributed by atoms with van der Waals surface area (Å²) in [5.41, 5.74) is 6.68. The van der Waals surface area contributed by atoms with Crippen LogP contribution in [0, 0.1) is 5.92 Å². The molecule has 0 aliphatic carbocycles. The fourth-order valence-corrected chi connectivity index (χ4v) is 3.90. The molecule has 11 heteroatoms. The topological polar surface area (TPSA) is 123 Å². The van der Waals surface area contributed by atoms with Crippen LogP contribution in [0.25, 0.3) is 0 Å². The van der Waals surface area contributed by atoms with Gasteiger partial charge in [0.15, 0.2) is 23.0 Å². The molecular formula is C26H33N5O6. The number of nitrogens with zero attached hydrogens (tertiary/aromatic N) is 3. The predicted octanol–water partition coefficient (Wildman–Crippen LogP) is 2.03. The minimum Gasteiger partial charge on any atom is -0.493 e. The minimum absolute atomic E-state index is 0.139. The Kier molecular flexibility index (Phi) is 10.3. The van der Waals surface area contributed by atoms with Gasteiger partial charge in [0.2, 0.25) is 5.91 Å². The number of piperidine rings is 1. The Morgan fingerprint density at radius 1 is 0.811 bits per heavy atom. The van der Waals surface area contributed by atoms with E-state index in [1.165, 1.54) is 0 Å². The average molecular weight is 512 g/mol. The van der Waals surface area contributed by atoms with Crippen molar-refractivity contribution in [1.29, 1.82) is 0 Å². The number of benzene rings is 2. The Morgan fingerprint density at radius 3 is 1.78 bits per heavy atom. The van der Waals surface area contributed by atoms with Gasteiger partial charge in [0.05, 0.1) is 47.4 Å². The van der Waals surface area contributed by atoms with E-state index in [1.54, 1.807) is 65.1 Å². The van der Waals surface area contributed by atoms with Gasteiger partial charge in [0, 0.05) is 5.92 Å². The van der Waals surface area contributed by atoms with E-state index < -0.39 is 0 Å². The van der Waals surface area contributed by atoms with Crippen LogP contribution < -0.4 is 29.8 Å². The Balaban J connectivity index is 1.39. The molecule has 2 aromatic rings. The van der Waals surface area contributed by atoms with Crippen LogP contribution in [0.2, 0.25) is 0 Å². The summed E-state index contributed by atoms with van der Waals surface area (Å²) in [6.45, 7) is 1.46. The van der Waals surface area contributed by atoms with Crippen molar-refractivity contribution in [2.24, 2.45) is 16.1 Å². The summed E-state index contributed by atoms with van der Waals surface area (Å²) >= 11 is 0. The van der Waals surface area contributed by atoms with E-state index in [4.69, 9.17) is 18.9 Å². The molecular weight excluding hydrogens is 478 g/mol. The molecule has 1 fully saturated rings. The smallest absolute Gasteiger partial charge is 0.254 e. The Hall–Kier alpha value is -4.12. The Labute approximate surface area is 216 Å². The molecule has 0 aromatic heterocycles. The number of hydrazone groups is 2. The van der Waals surface area contributed by atoms with Crippen LogP contribution in [-0.4, -0.2) is 77.2 Å². The van der Waals surface area contributed by atoms with Crippen molar-refractivity contribution in [2.75, 3.05) is 48.1 Å².